The Morgan fingerprint density at radius 1 is 1.24 bits per heavy atom. The highest BCUT2D eigenvalue weighted by atomic mass is 16.9. The van der Waals surface area contributed by atoms with Crippen LogP contribution in [0.15, 0.2) is 48.8 Å². The molecule has 1 aromatic carbocycles. The maximum absolute atomic E-state index is 11.2. The minimum atomic E-state index is -0.485. The molecular weight excluding hydrogens is 318 g/mol. The number of carbonyl (C=O) groups is 1. The molecule has 2 aromatic heterocycles. The molecule has 0 amide bonds. The predicted octanol–water partition coefficient (Wildman–Crippen LogP) is 2.76. The number of nitrogens with zero attached hydrogens (tertiary/aromatic N) is 3. The first-order chi connectivity index (χ1) is 12.1. The highest BCUT2D eigenvalue weighted by Crippen LogP contribution is 2.39. The molecule has 1 atom stereocenters. The third kappa shape index (κ3) is 2.63. The van der Waals surface area contributed by atoms with Gasteiger partial charge >= 0.3 is 0 Å². The number of aldehydes is 1. The molecule has 1 aliphatic heterocycles. The quantitative estimate of drug-likeness (QED) is 0.670. The molecule has 0 saturated carbocycles. The summed E-state index contributed by atoms with van der Waals surface area (Å²) < 4.78 is 13.4. The molecule has 4 rings (SSSR count). The molecule has 3 aromatic rings. The van der Waals surface area contributed by atoms with Gasteiger partial charge in [-0.15, -0.1) is 0 Å². The van der Waals surface area contributed by atoms with E-state index in [1.54, 1.807) is 10.7 Å². The molecule has 0 radical (unpaired) electrons. The van der Waals surface area contributed by atoms with Crippen molar-refractivity contribution in [1.29, 1.82) is 0 Å². The number of aromatic nitrogens is 3. The topological polar surface area (TPSA) is 65.7 Å². The summed E-state index contributed by atoms with van der Waals surface area (Å²) in [5.74, 6) is 0. The van der Waals surface area contributed by atoms with E-state index >= 15 is 0 Å². The first-order valence-electron chi connectivity index (χ1n) is 8.25. The average Bonchev–Trinajstić information content (AvgIpc) is 3.03. The van der Waals surface area contributed by atoms with Gasteiger partial charge in [-0.3, -0.25) is 4.79 Å². The lowest BCUT2D eigenvalue weighted by atomic mass is 9.78. The van der Waals surface area contributed by atoms with Crippen molar-refractivity contribution < 1.29 is 14.3 Å². The van der Waals surface area contributed by atoms with Crippen LogP contribution in [0.1, 0.15) is 35.5 Å². The van der Waals surface area contributed by atoms with E-state index < -0.39 is 11.7 Å². The summed E-state index contributed by atoms with van der Waals surface area (Å²) in [4.78, 5) is 15.5. The largest absolute Gasteiger partial charge is 0.323 e. The van der Waals surface area contributed by atoms with Crippen molar-refractivity contribution in [3.05, 3.63) is 65.6 Å². The van der Waals surface area contributed by atoms with E-state index in [0.29, 0.717) is 17.6 Å². The molecule has 128 valence electrons. The highest BCUT2D eigenvalue weighted by molar-refractivity contribution is 5.83. The summed E-state index contributed by atoms with van der Waals surface area (Å²) in [5, 5.41) is 4.37. The van der Waals surface area contributed by atoms with Gasteiger partial charge in [-0.1, -0.05) is 30.3 Å². The van der Waals surface area contributed by atoms with Gasteiger partial charge in [0.1, 0.15) is 0 Å². The van der Waals surface area contributed by atoms with Crippen LogP contribution >= 0.6 is 0 Å². The number of hydrogen-bond acceptors (Lipinski definition) is 5. The minimum Gasteiger partial charge on any atom is -0.323 e. The van der Waals surface area contributed by atoms with E-state index in [1.807, 2.05) is 31.2 Å². The Labute approximate surface area is 145 Å². The third-order valence-electron chi connectivity index (χ3n) is 4.71. The van der Waals surface area contributed by atoms with Crippen LogP contribution in [0.4, 0.5) is 0 Å². The fourth-order valence-corrected chi connectivity index (χ4v) is 3.40. The van der Waals surface area contributed by atoms with Crippen molar-refractivity contribution in [3.8, 4) is 0 Å². The van der Waals surface area contributed by atoms with Gasteiger partial charge in [0.2, 0.25) is 0 Å². The monoisotopic (exact) mass is 337 g/mol. The zero-order valence-electron chi connectivity index (χ0n) is 14.1. The van der Waals surface area contributed by atoms with Gasteiger partial charge < -0.3 is 9.47 Å². The molecule has 0 aliphatic carbocycles. The lowest BCUT2D eigenvalue weighted by Crippen LogP contribution is -2.53. The number of hydrogen-bond donors (Lipinski definition) is 0. The van der Waals surface area contributed by atoms with Gasteiger partial charge in [0.25, 0.3) is 0 Å². The SMILES string of the molecule is CC1OC(C(C)(Cc2ccccc2)c2ccnc3c(C=O)cnn23)O1. The van der Waals surface area contributed by atoms with Crippen molar-refractivity contribution in [1.82, 2.24) is 14.6 Å². The second-order valence-corrected chi connectivity index (χ2v) is 6.53. The van der Waals surface area contributed by atoms with Crippen LogP contribution in [-0.4, -0.2) is 33.5 Å². The van der Waals surface area contributed by atoms with Crippen molar-refractivity contribution in [2.24, 2.45) is 0 Å². The fraction of sp³-hybridized carbons (Fsp3) is 0.316. The summed E-state index contributed by atoms with van der Waals surface area (Å²) in [5.41, 5.74) is 2.59. The maximum atomic E-state index is 11.2. The summed E-state index contributed by atoms with van der Waals surface area (Å²) in [7, 11) is 0. The second kappa shape index (κ2) is 6.06. The van der Waals surface area contributed by atoms with Gasteiger partial charge in [-0.2, -0.15) is 5.10 Å². The van der Waals surface area contributed by atoms with Crippen molar-refractivity contribution >= 4 is 11.9 Å². The molecule has 1 fully saturated rings. The van der Waals surface area contributed by atoms with Crippen LogP contribution in [0.25, 0.3) is 5.65 Å². The number of benzene rings is 1. The normalized spacial score (nSPS) is 22.3. The van der Waals surface area contributed by atoms with Crippen LogP contribution in [0.2, 0.25) is 0 Å². The van der Waals surface area contributed by atoms with Crippen LogP contribution in [0.5, 0.6) is 0 Å². The molecule has 1 aliphatic rings. The number of rotatable bonds is 5. The molecule has 6 nitrogen and oxygen atoms in total. The van der Waals surface area contributed by atoms with Gasteiger partial charge in [-0.05, 0) is 31.9 Å². The Balaban J connectivity index is 1.83. The molecule has 0 bridgehead atoms. The van der Waals surface area contributed by atoms with Gasteiger partial charge in [0.05, 0.1) is 22.9 Å². The number of ether oxygens (including phenoxy) is 2. The average molecular weight is 337 g/mol. The van der Waals surface area contributed by atoms with Crippen molar-refractivity contribution in [2.75, 3.05) is 0 Å². The smallest absolute Gasteiger partial charge is 0.174 e. The van der Waals surface area contributed by atoms with Crippen LogP contribution in [0.3, 0.4) is 0 Å². The van der Waals surface area contributed by atoms with E-state index in [0.717, 1.165) is 12.0 Å². The zero-order valence-corrected chi connectivity index (χ0v) is 14.1. The van der Waals surface area contributed by atoms with E-state index in [2.05, 4.69) is 29.1 Å². The van der Waals surface area contributed by atoms with E-state index in [4.69, 9.17) is 9.47 Å². The molecule has 6 heteroatoms. The summed E-state index contributed by atoms with van der Waals surface area (Å²) in [6.45, 7) is 3.97. The molecule has 0 spiro atoms. The van der Waals surface area contributed by atoms with Gasteiger partial charge in [0, 0.05) is 6.20 Å². The highest BCUT2D eigenvalue weighted by Gasteiger charge is 2.46. The van der Waals surface area contributed by atoms with Crippen LogP contribution in [-0.2, 0) is 21.3 Å². The van der Waals surface area contributed by atoms with Crippen molar-refractivity contribution in [3.63, 3.8) is 0 Å². The minimum absolute atomic E-state index is 0.222. The first-order valence-corrected chi connectivity index (χ1v) is 8.25. The molecule has 25 heavy (non-hydrogen) atoms. The molecule has 3 heterocycles. The zero-order chi connectivity index (χ0) is 17.4. The predicted molar refractivity (Wildman–Crippen MR) is 91.3 cm³/mol. The first kappa shape index (κ1) is 15.9. The maximum Gasteiger partial charge on any atom is 0.174 e. The van der Waals surface area contributed by atoms with Gasteiger partial charge in [-0.25, -0.2) is 9.50 Å². The summed E-state index contributed by atoms with van der Waals surface area (Å²) in [6.07, 6.45) is 4.10. The standard InChI is InChI=1S/C19H19N3O3/c1-13-24-18(25-13)19(2,10-14-6-4-3-5-7-14)16-8-9-20-17-15(12-23)11-21-22(16)17/h3-9,11-13,18H,10H2,1-2H3. The van der Waals surface area contributed by atoms with Crippen LogP contribution < -0.4 is 0 Å². The Morgan fingerprint density at radius 2 is 2.00 bits per heavy atom. The molecular formula is C19H19N3O3. The fourth-order valence-electron chi connectivity index (χ4n) is 3.40. The lowest BCUT2D eigenvalue weighted by Gasteiger charge is -2.45. The Kier molecular flexibility index (Phi) is 3.86. The van der Waals surface area contributed by atoms with Gasteiger partial charge in [0.15, 0.2) is 24.5 Å². The number of carbonyl (C=O) groups excluding carboxylic acids is 1. The summed E-state index contributed by atoms with van der Waals surface area (Å²) in [6, 6.07) is 12.1. The molecule has 1 saturated heterocycles. The lowest BCUT2D eigenvalue weighted by molar-refractivity contribution is -0.396. The molecule has 0 N–H and O–H groups in total. The van der Waals surface area contributed by atoms with E-state index in [9.17, 15) is 4.79 Å². The Hall–Kier alpha value is -2.57. The third-order valence-corrected chi connectivity index (χ3v) is 4.71. The molecule has 1 unspecified atom stereocenters. The number of fused-ring (bicyclic) bond motifs is 1. The Morgan fingerprint density at radius 3 is 2.68 bits per heavy atom. The van der Waals surface area contributed by atoms with E-state index in [-0.39, 0.29) is 6.29 Å². The van der Waals surface area contributed by atoms with Crippen molar-refractivity contribution in [2.45, 2.75) is 38.3 Å². The van der Waals surface area contributed by atoms with Crippen LogP contribution in [0, 0.1) is 0 Å². The Bertz CT molecular complexity index is 903. The second-order valence-electron chi connectivity index (χ2n) is 6.53. The summed E-state index contributed by atoms with van der Waals surface area (Å²) >= 11 is 0. The van der Waals surface area contributed by atoms with E-state index in [1.165, 1.54) is 11.8 Å².